The Hall–Kier alpha value is -0.610. The highest BCUT2D eigenvalue weighted by atomic mass is 35.5. The van der Waals surface area contributed by atoms with Gasteiger partial charge in [0.15, 0.2) is 0 Å². The summed E-state index contributed by atoms with van der Waals surface area (Å²) >= 11 is 13.7. The van der Waals surface area contributed by atoms with Crippen LogP contribution in [0.25, 0.3) is 0 Å². The molecular formula is C12H12Cl2N2S. The van der Waals surface area contributed by atoms with Crippen LogP contribution in [-0.4, -0.2) is 11.5 Å². The number of aromatic nitrogens is 1. The van der Waals surface area contributed by atoms with E-state index in [1.54, 1.807) is 23.6 Å². The Bertz CT molecular complexity index is 485. The molecule has 1 N–H and O–H groups in total. The number of thiazole rings is 1. The summed E-state index contributed by atoms with van der Waals surface area (Å²) in [6.07, 6.45) is 1.80. The van der Waals surface area contributed by atoms with Crippen LogP contribution < -0.4 is 5.32 Å². The maximum atomic E-state index is 6.23. The van der Waals surface area contributed by atoms with E-state index in [9.17, 15) is 0 Å². The van der Waals surface area contributed by atoms with Gasteiger partial charge in [-0.05, 0) is 24.2 Å². The molecule has 0 saturated carbocycles. The lowest BCUT2D eigenvalue weighted by Gasteiger charge is -2.17. The molecule has 2 nitrogen and oxygen atoms in total. The molecule has 0 aliphatic heterocycles. The molecule has 90 valence electrons. The molecule has 1 atom stereocenters. The summed E-state index contributed by atoms with van der Waals surface area (Å²) in [4.78, 5) is 4.34. The SMILES string of the molecule is CCNC(c1nccs1)c1ccc(Cl)cc1Cl. The topological polar surface area (TPSA) is 24.9 Å². The van der Waals surface area contributed by atoms with Crippen LogP contribution in [0.5, 0.6) is 0 Å². The lowest BCUT2D eigenvalue weighted by Crippen LogP contribution is -2.22. The summed E-state index contributed by atoms with van der Waals surface area (Å²) in [5.74, 6) is 0. The molecule has 0 radical (unpaired) electrons. The fourth-order valence-corrected chi connectivity index (χ4v) is 2.89. The van der Waals surface area contributed by atoms with Gasteiger partial charge in [-0.25, -0.2) is 4.98 Å². The van der Waals surface area contributed by atoms with Gasteiger partial charge in [-0.15, -0.1) is 11.3 Å². The van der Waals surface area contributed by atoms with Crippen molar-refractivity contribution in [3.8, 4) is 0 Å². The van der Waals surface area contributed by atoms with Crippen LogP contribution in [0.3, 0.4) is 0 Å². The first-order valence-corrected chi connectivity index (χ1v) is 6.93. The smallest absolute Gasteiger partial charge is 0.114 e. The number of hydrogen-bond donors (Lipinski definition) is 1. The first-order chi connectivity index (χ1) is 8.22. The number of rotatable bonds is 4. The van der Waals surface area contributed by atoms with Gasteiger partial charge >= 0.3 is 0 Å². The second-order valence-electron chi connectivity index (χ2n) is 3.53. The molecule has 1 heterocycles. The van der Waals surface area contributed by atoms with Crippen LogP contribution >= 0.6 is 34.5 Å². The third kappa shape index (κ3) is 2.99. The van der Waals surface area contributed by atoms with E-state index in [0.717, 1.165) is 17.1 Å². The molecule has 0 amide bonds. The molecule has 0 aliphatic carbocycles. The second kappa shape index (κ2) is 5.83. The number of benzene rings is 1. The van der Waals surface area contributed by atoms with Gasteiger partial charge < -0.3 is 5.32 Å². The predicted octanol–water partition coefficient (Wildman–Crippen LogP) is 4.15. The van der Waals surface area contributed by atoms with Crippen LogP contribution in [0, 0.1) is 0 Å². The van der Waals surface area contributed by atoms with E-state index in [1.807, 2.05) is 17.5 Å². The van der Waals surface area contributed by atoms with Gasteiger partial charge in [-0.3, -0.25) is 0 Å². The number of halogens is 2. The summed E-state index contributed by atoms with van der Waals surface area (Å²) in [5, 5.41) is 7.67. The molecule has 0 bridgehead atoms. The maximum Gasteiger partial charge on any atom is 0.114 e. The maximum absolute atomic E-state index is 6.23. The van der Waals surface area contributed by atoms with Crippen molar-refractivity contribution < 1.29 is 0 Å². The standard InChI is InChI=1S/C12H12Cl2N2S/c1-2-15-11(12-16-5-6-17-12)9-4-3-8(13)7-10(9)14/h3-7,11,15H,2H2,1H3. The van der Waals surface area contributed by atoms with Crippen LogP contribution in [0.1, 0.15) is 23.5 Å². The Morgan fingerprint density at radius 3 is 2.82 bits per heavy atom. The van der Waals surface area contributed by atoms with Crippen LogP contribution in [0.4, 0.5) is 0 Å². The number of hydrogen-bond acceptors (Lipinski definition) is 3. The van der Waals surface area contributed by atoms with Crippen LogP contribution in [0.2, 0.25) is 10.0 Å². The van der Waals surface area contributed by atoms with Crippen molar-refractivity contribution in [1.82, 2.24) is 10.3 Å². The molecule has 1 aromatic carbocycles. The zero-order valence-electron chi connectivity index (χ0n) is 9.28. The lowest BCUT2D eigenvalue weighted by atomic mass is 10.1. The van der Waals surface area contributed by atoms with Gasteiger partial charge in [-0.1, -0.05) is 36.2 Å². The van der Waals surface area contributed by atoms with Gasteiger partial charge in [0.2, 0.25) is 0 Å². The highest BCUT2D eigenvalue weighted by Crippen LogP contribution is 2.31. The third-order valence-electron chi connectivity index (χ3n) is 2.38. The number of nitrogens with zero attached hydrogens (tertiary/aromatic N) is 1. The van der Waals surface area contributed by atoms with Crippen LogP contribution in [0.15, 0.2) is 29.8 Å². The Kier molecular flexibility index (Phi) is 4.40. The van der Waals surface area contributed by atoms with E-state index < -0.39 is 0 Å². The highest BCUT2D eigenvalue weighted by molar-refractivity contribution is 7.09. The minimum atomic E-state index is 0.0322. The fraction of sp³-hybridized carbons (Fsp3) is 0.250. The molecule has 1 unspecified atom stereocenters. The van der Waals surface area contributed by atoms with E-state index in [4.69, 9.17) is 23.2 Å². The molecule has 0 fully saturated rings. The Balaban J connectivity index is 2.39. The largest absolute Gasteiger partial charge is 0.304 e. The molecule has 2 rings (SSSR count). The zero-order valence-corrected chi connectivity index (χ0v) is 11.6. The minimum absolute atomic E-state index is 0.0322. The molecular weight excluding hydrogens is 275 g/mol. The van der Waals surface area contributed by atoms with E-state index in [0.29, 0.717) is 10.0 Å². The van der Waals surface area contributed by atoms with Crippen molar-refractivity contribution in [2.24, 2.45) is 0 Å². The van der Waals surface area contributed by atoms with E-state index in [1.165, 1.54) is 0 Å². The first kappa shape index (κ1) is 12.8. The zero-order chi connectivity index (χ0) is 12.3. The van der Waals surface area contributed by atoms with Gasteiger partial charge in [0.25, 0.3) is 0 Å². The molecule has 5 heteroatoms. The van der Waals surface area contributed by atoms with Crippen LogP contribution in [-0.2, 0) is 0 Å². The minimum Gasteiger partial charge on any atom is -0.304 e. The molecule has 0 spiro atoms. The average molecular weight is 287 g/mol. The predicted molar refractivity (Wildman–Crippen MR) is 74.1 cm³/mol. The van der Waals surface area contributed by atoms with Crippen molar-refractivity contribution in [3.63, 3.8) is 0 Å². The second-order valence-corrected chi connectivity index (χ2v) is 5.30. The lowest BCUT2D eigenvalue weighted by molar-refractivity contribution is 0.627. The van der Waals surface area contributed by atoms with Gasteiger partial charge in [0.1, 0.15) is 5.01 Å². The summed E-state index contributed by atoms with van der Waals surface area (Å²) in [6, 6.07) is 5.58. The van der Waals surface area contributed by atoms with Gasteiger partial charge in [-0.2, -0.15) is 0 Å². The van der Waals surface area contributed by atoms with E-state index in [-0.39, 0.29) is 6.04 Å². The average Bonchev–Trinajstić information content (AvgIpc) is 2.80. The normalized spacial score (nSPS) is 12.6. The Morgan fingerprint density at radius 1 is 1.41 bits per heavy atom. The van der Waals surface area contributed by atoms with Crippen molar-refractivity contribution in [2.75, 3.05) is 6.54 Å². The van der Waals surface area contributed by atoms with Crippen molar-refractivity contribution in [3.05, 3.63) is 50.4 Å². The highest BCUT2D eigenvalue weighted by Gasteiger charge is 2.18. The quantitative estimate of drug-likeness (QED) is 0.913. The molecule has 0 saturated heterocycles. The number of nitrogens with one attached hydrogen (secondary N) is 1. The molecule has 2 aromatic rings. The molecule has 1 aromatic heterocycles. The van der Waals surface area contributed by atoms with Gasteiger partial charge in [0.05, 0.1) is 6.04 Å². The molecule has 17 heavy (non-hydrogen) atoms. The third-order valence-corrected chi connectivity index (χ3v) is 3.78. The Labute approximate surface area is 115 Å². The monoisotopic (exact) mass is 286 g/mol. The summed E-state index contributed by atoms with van der Waals surface area (Å²) in [5.41, 5.74) is 1.01. The summed E-state index contributed by atoms with van der Waals surface area (Å²) in [6.45, 7) is 2.91. The van der Waals surface area contributed by atoms with Crippen molar-refractivity contribution >= 4 is 34.5 Å². The Morgan fingerprint density at radius 2 is 2.24 bits per heavy atom. The molecule has 0 aliphatic rings. The summed E-state index contributed by atoms with van der Waals surface area (Å²) in [7, 11) is 0. The van der Waals surface area contributed by atoms with Crippen molar-refractivity contribution in [1.29, 1.82) is 0 Å². The first-order valence-electron chi connectivity index (χ1n) is 5.30. The van der Waals surface area contributed by atoms with Crippen molar-refractivity contribution in [2.45, 2.75) is 13.0 Å². The summed E-state index contributed by atoms with van der Waals surface area (Å²) < 4.78 is 0. The fourth-order valence-electron chi connectivity index (χ4n) is 1.65. The van der Waals surface area contributed by atoms with Gasteiger partial charge in [0, 0.05) is 21.6 Å². The van der Waals surface area contributed by atoms with E-state index >= 15 is 0 Å². The van der Waals surface area contributed by atoms with E-state index in [2.05, 4.69) is 17.2 Å².